The average Bonchev–Trinajstić information content (AvgIpc) is 2.69. The molecule has 12 heteroatoms. The Morgan fingerprint density at radius 1 is 1.27 bits per heavy atom. The number of hydrogen-bond acceptors (Lipinski definition) is 5. The van der Waals surface area contributed by atoms with Crippen LogP contribution in [0.3, 0.4) is 0 Å². The molecule has 0 unspecified atom stereocenters. The van der Waals surface area contributed by atoms with Gasteiger partial charge in [0.1, 0.15) is 0 Å². The van der Waals surface area contributed by atoms with Crippen LogP contribution < -0.4 is 20.4 Å². The number of anilines is 2. The molecule has 0 aromatic heterocycles. The van der Waals surface area contributed by atoms with Crippen LogP contribution in [0.2, 0.25) is 5.02 Å². The van der Waals surface area contributed by atoms with Gasteiger partial charge in [-0.25, -0.2) is 9.59 Å². The minimum absolute atomic E-state index is 0.245. The van der Waals surface area contributed by atoms with E-state index in [1.165, 1.54) is 4.90 Å². The third-order valence-corrected chi connectivity index (χ3v) is 5.10. The Labute approximate surface area is 176 Å². The molecule has 0 saturated carbocycles. The van der Waals surface area contributed by atoms with Gasteiger partial charge in [0, 0.05) is 31.7 Å². The third-order valence-electron chi connectivity index (χ3n) is 4.78. The highest BCUT2D eigenvalue weighted by Crippen LogP contribution is 2.32. The quantitative estimate of drug-likeness (QED) is 0.654. The predicted molar refractivity (Wildman–Crippen MR) is 105 cm³/mol. The summed E-state index contributed by atoms with van der Waals surface area (Å²) in [7, 11) is 2.07. The number of hydrogen-bond donors (Lipinski definition) is 3. The van der Waals surface area contributed by atoms with Gasteiger partial charge in [0.25, 0.3) is 0 Å². The summed E-state index contributed by atoms with van der Waals surface area (Å²) in [6.07, 6.45) is -2.61. The Kier molecular flexibility index (Phi) is 7.90. The first kappa shape index (κ1) is 23.7. The number of benzene rings is 1. The first-order valence-corrected chi connectivity index (χ1v) is 9.53. The molecule has 2 heterocycles. The van der Waals surface area contributed by atoms with Gasteiger partial charge in [-0.2, -0.15) is 13.2 Å². The van der Waals surface area contributed by atoms with E-state index in [0.29, 0.717) is 23.3 Å². The maximum atomic E-state index is 12.1. The van der Waals surface area contributed by atoms with Crippen LogP contribution in [0.15, 0.2) is 18.2 Å². The number of urea groups is 1. The van der Waals surface area contributed by atoms with Gasteiger partial charge >= 0.3 is 18.2 Å². The fourth-order valence-electron chi connectivity index (χ4n) is 3.13. The Balaban J connectivity index is 0.000000396. The van der Waals surface area contributed by atoms with Crippen LogP contribution >= 0.6 is 11.6 Å². The molecule has 0 atom stereocenters. The molecular weight excluding hydrogens is 429 g/mol. The second-order valence-electron chi connectivity index (χ2n) is 6.79. The number of piperidine rings is 1. The van der Waals surface area contributed by atoms with E-state index >= 15 is 0 Å². The van der Waals surface area contributed by atoms with Crippen molar-refractivity contribution < 1.29 is 32.7 Å². The zero-order chi connectivity index (χ0) is 22.5. The highest BCUT2D eigenvalue weighted by Gasteiger charge is 2.38. The van der Waals surface area contributed by atoms with Crippen molar-refractivity contribution >= 4 is 40.9 Å². The summed E-state index contributed by atoms with van der Waals surface area (Å²) in [4.78, 5) is 36.0. The van der Waals surface area contributed by atoms with E-state index in [1.54, 1.807) is 0 Å². The number of carboxylic acids is 1. The van der Waals surface area contributed by atoms with Crippen LogP contribution in [0.5, 0.6) is 0 Å². The SMILES string of the molecule is CN(c1ccc(Cl)c(N2CCC(=O)NC2=O)c1)C1CCNCC1.O=C(O)C(F)(F)F. The molecule has 1 aromatic carbocycles. The normalized spacial score (nSPS) is 17.7. The molecule has 1 aromatic rings. The first-order chi connectivity index (χ1) is 14.0. The number of amides is 3. The van der Waals surface area contributed by atoms with Crippen LogP contribution in [0.4, 0.5) is 29.3 Å². The van der Waals surface area contributed by atoms with Crippen molar-refractivity contribution in [2.24, 2.45) is 0 Å². The summed E-state index contributed by atoms with van der Waals surface area (Å²) in [5.74, 6) is -3.00. The van der Waals surface area contributed by atoms with E-state index in [4.69, 9.17) is 21.5 Å². The van der Waals surface area contributed by atoms with Crippen molar-refractivity contribution in [1.82, 2.24) is 10.6 Å². The summed E-state index contributed by atoms with van der Waals surface area (Å²) in [5.41, 5.74) is 1.68. The number of alkyl halides is 3. The van der Waals surface area contributed by atoms with Crippen LogP contribution in [0.1, 0.15) is 19.3 Å². The topological polar surface area (TPSA) is 102 Å². The van der Waals surface area contributed by atoms with Gasteiger partial charge in [-0.05, 0) is 44.1 Å². The number of carbonyl (C=O) groups is 3. The first-order valence-electron chi connectivity index (χ1n) is 9.15. The van der Waals surface area contributed by atoms with Crippen LogP contribution in [-0.2, 0) is 9.59 Å². The van der Waals surface area contributed by atoms with Crippen molar-refractivity contribution in [2.45, 2.75) is 31.5 Å². The molecule has 0 radical (unpaired) electrons. The van der Waals surface area contributed by atoms with Crippen molar-refractivity contribution in [2.75, 3.05) is 36.5 Å². The molecule has 2 aliphatic rings. The van der Waals surface area contributed by atoms with Gasteiger partial charge in [-0.3, -0.25) is 15.0 Å². The second-order valence-corrected chi connectivity index (χ2v) is 7.19. The van der Waals surface area contributed by atoms with E-state index in [0.717, 1.165) is 31.6 Å². The summed E-state index contributed by atoms with van der Waals surface area (Å²) >= 11 is 6.29. The second kappa shape index (κ2) is 9.98. The molecule has 0 spiro atoms. The fourth-order valence-corrected chi connectivity index (χ4v) is 3.35. The van der Waals surface area contributed by atoms with Gasteiger partial charge in [0.15, 0.2) is 0 Å². The van der Waals surface area contributed by atoms with Gasteiger partial charge in [0.2, 0.25) is 5.91 Å². The molecule has 0 aliphatic carbocycles. The number of halogens is 4. The number of nitrogens with one attached hydrogen (secondary N) is 2. The molecule has 3 rings (SSSR count). The summed E-state index contributed by atoms with van der Waals surface area (Å²) < 4.78 is 31.7. The van der Waals surface area contributed by atoms with Crippen LogP contribution in [0.25, 0.3) is 0 Å². The molecule has 3 amide bonds. The summed E-state index contributed by atoms with van der Waals surface area (Å²) in [6, 6.07) is 5.78. The molecule has 2 saturated heterocycles. The lowest BCUT2D eigenvalue weighted by Crippen LogP contribution is -2.49. The van der Waals surface area contributed by atoms with E-state index in [1.807, 2.05) is 18.2 Å². The average molecular weight is 451 g/mol. The van der Waals surface area contributed by atoms with Crippen molar-refractivity contribution in [3.05, 3.63) is 23.2 Å². The van der Waals surface area contributed by atoms with Gasteiger partial charge in [-0.1, -0.05) is 11.6 Å². The number of carboxylic acid groups (broad SMARTS) is 1. The van der Waals surface area contributed by atoms with Gasteiger partial charge in [-0.15, -0.1) is 0 Å². The maximum absolute atomic E-state index is 12.1. The molecule has 2 fully saturated rings. The van der Waals surface area contributed by atoms with E-state index in [2.05, 4.69) is 22.6 Å². The highest BCUT2D eigenvalue weighted by atomic mass is 35.5. The van der Waals surface area contributed by atoms with Crippen molar-refractivity contribution in [3.8, 4) is 0 Å². The summed E-state index contributed by atoms with van der Waals surface area (Å²) in [6.45, 7) is 2.39. The molecule has 166 valence electrons. The van der Waals surface area contributed by atoms with Crippen molar-refractivity contribution in [3.63, 3.8) is 0 Å². The van der Waals surface area contributed by atoms with Gasteiger partial charge < -0.3 is 15.3 Å². The molecule has 3 N–H and O–H groups in total. The summed E-state index contributed by atoms with van der Waals surface area (Å²) in [5, 5.41) is 13.3. The van der Waals surface area contributed by atoms with Gasteiger partial charge in [0.05, 0.1) is 10.7 Å². The molecule has 2 aliphatic heterocycles. The van der Waals surface area contributed by atoms with Crippen molar-refractivity contribution in [1.29, 1.82) is 0 Å². The number of nitrogens with zero attached hydrogens (tertiary/aromatic N) is 2. The Morgan fingerprint density at radius 3 is 2.40 bits per heavy atom. The van der Waals surface area contributed by atoms with E-state index < -0.39 is 18.2 Å². The number of rotatable bonds is 3. The Morgan fingerprint density at radius 2 is 1.87 bits per heavy atom. The van der Waals surface area contributed by atoms with Crippen LogP contribution in [-0.4, -0.2) is 61.9 Å². The lowest BCUT2D eigenvalue weighted by atomic mass is 10.0. The molecule has 30 heavy (non-hydrogen) atoms. The molecule has 8 nitrogen and oxygen atoms in total. The minimum Gasteiger partial charge on any atom is -0.475 e. The fraction of sp³-hybridized carbons (Fsp3) is 0.500. The van der Waals surface area contributed by atoms with E-state index in [-0.39, 0.29) is 12.3 Å². The standard InChI is InChI=1S/C16H21ClN4O2.C2HF3O2/c1-20(11-4-7-18-8-5-11)12-2-3-13(17)14(10-12)21-9-6-15(22)19-16(21)23;3-2(4,5)1(6)7/h2-3,10-11,18H,4-9H2,1H3,(H,19,22,23);(H,6,7). The Bertz CT molecular complexity index is 800. The molecule has 0 bridgehead atoms. The number of aliphatic carboxylic acids is 1. The monoisotopic (exact) mass is 450 g/mol. The third kappa shape index (κ3) is 6.23. The Hall–Kier alpha value is -2.53. The highest BCUT2D eigenvalue weighted by molar-refractivity contribution is 6.34. The van der Waals surface area contributed by atoms with E-state index in [9.17, 15) is 22.8 Å². The lowest BCUT2D eigenvalue weighted by molar-refractivity contribution is -0.192. The predicted octanol–water partition coefficient (Wildman–Crippen LogP) is 2.61. The molecular formula is C18H22ClF3N4O4. The zero-order valence-electron chi connectivity index (χ0n) is 16.1. The number of imide groups is 1. The smallest absolute Gasteiger partial charge is 0.475 e. The minimum atomic E-state index is -5.08. The number of carbonyl (C=O) groups excluding carboxylic acids is 2. The zero-order valence-corrected chi connectivity index (χ0v) is 16.9. The largest absolute Gasteiger partial charge is 0.490 e. The maximum Gasteiger partial charge on any atom is 0.490 e. The lowest BCUT2D eigenvalue weighted by Gasteiger charge is -2.34. The van der Waals surface area contributed by atoms with Crippen LogP contribution in [0, 0.1) is 0 Å².